The first kappa shape index (κ1) is 31.0. The lowest BCUT2D eigenvalue weighted by molar-refractivity contribution is -0.142. The minimum Gasteiger partial charge on any atom is -0.465 e. The maximum absolute atomic E-state index is 14.2. The lowest BCUT2D eigenvalue weighted by Gasteiger charge is -2.37. The zero-order valence-corrected chi connectivity index (χ0v) is 26.3. The first-order valence-electron chi connectivity index (χ1n) is 17.3. The second-order valence-corrected chi connectivity index (χ2v) is 14.3. The SMILES string of the molecule is O=C(O)N[C@H](CF)[C@H]1CC[C@H](C(=O)N2CC[C@@H](C3CCCCC3)[C@H]2C(=O)Nc2ccc3c(c2)cc2n3C3(CCCC3)OC2=O)CC1. The molecule has 2 aromatic rings. The second kappa shape index (κ2) is 12.5. The number of rotatable bonds is 7. The lowest BCUT2D eigenvalue weighted by atomic mass is 9.76. The molecule has 5 aliphatic rings. The highest BCUT2D eigenvalue weighted by Crippen LogP contribution is 2.46. The molecule has 10 nitrogen and oxygen atoms in total. The van der Waals surface area contributed by atoms with E-state index in [1.807, 2.05) is 33.7 Å². The van der Waals surface area contributed by atoms with Gasteiger partial charge in [-0.25, -0.2) is 14.0 Å². The lowest BCUT2D eigenvalue weighted by Crippen LogP contribution is -2.50. The van der Waals surface area contributed by atoms with Gasteiger partial charge in [0.25, 0.3) is 0 Å². The van der Waals surface area contributed by atoms with Gasteiger partial charge < -0.3 is 25.4 Å². The highest BCUT2D eigenvalue weighted by atomic mass is 19.1. The van der Waals surface area contributed by atoms with Gasteiger partial charge in [0, 0.05) is 36.4 Å². The zero-order valence-electron chi connectivity index (χ0n) is 26.3. The van der Waals surface area contributed by atoms with Crippen LogP contribution in [0.15, 0.2) is 24.3 Å². The maximum Gasteiger partial charge on any atom is 0.404 e. The maximum atomic E-state index is 14.2. The molecule has 0 unspecified atom stereocenters. The number of alkyl halides is 1. The number of hydrogen-bond donors (Lipinski definition) is 3. The number of fused-ring (bicyclic) bond motifs is 4. The van der Waals surface area contributed by atoms with E-state index in [9.17, 15) is 23.6 Å². The van der Waals surface area contributed by atoms with Gasteiger partial charge in [-0.15, -0.1) is 0 Å². The average Bonchev–Trinajstić information content (AvgIpc) is 3.85. The third-order valence-electron chi connectivity index (χ3n) is 11.8. The van der Waals surface area contributed by atoms with Gasteiger partial charge in [-0.1, -0.05) is 32.1 Å². The Balaban J connectivity index is 1.09. The Morgan fingerprint density at radius 2 is 1.72 bits per heavy atom. The summed E-state index contributed by atoms with van der Waals surface area (Å²) in [5.74, 6) is -0.397. The predicted octanol–water partition coefficient (Wildman–Crippen LogP) is 6.19. The fraction of sp³-hybridized carbons (Fsp3) is 0.657. The molecule has 248 valence electrons. The van der Waals surface area contributed by atoms with Crippen LogP contribution in [-0.2, 0) is 20.1 Å². The predicted molar refractivity (Wildman–Crippen MR) is 169 cm³/mol. The molecule has 0 bridgehead atoms. The second-order valence-electron chi connectivity index (χ2n) is 14.3. The molecule has 4 fully saturated rings. The molecule has 1 saturated heterocycles. The van der Waals surface area contributed by atoms with Gasteiger partial charge in [0.1, 0.15) is 18.4 Å². The van der Waals surface area contributed by atoms with Gasteiger partial charge in [0.05, 0.1) is 11.6 Å². The molecule has 7 rings (SSSR count). The van der Waals surface area contributed by atoms with Crippen molar-refractivity contribution in [3.05, 3.63) is 30.0 Å². The standard InChI is InChI=1S/C35H45FN4O6/c36-20-27(38-34(44)45)22-8-10-23(11-9-22)32(42)39-17-14-26(21-6-2-1-3-7-21)30(39)31(41)37-25-12-13-28-24(18-25)19-29-33(43)46-35(40(28)29)15-4-5-16-35/h12-13,18-19,21-23,26-27,30,38H,1-11,14-17,20H2,(H,37,41)(H,44,45)/t22-,23-,26-,27+,30-/m0/s1. The molecule has 3 saturated carbocycles. The number of nitrogens with one attached hydrogen (secondary N) is 2. The smallest absolute Gasteiger partial charge is 0.404 e. The van der Waals surface area contributed by atoms with Crippen molar-refractivity contribution in [3.8, 4) is 0 Å². The van der Waals surface area contributed by atoms with E-state index in [1.54, 1.807) is 0 Å². The molecule has 11 heteroatoms. The number of hydrogen-bond acceptors (Lipinski definition) is 5. The Morgan fingerprint density at radius 1 is 0.978 bits per heavy atom. The quantitative estimate of drug-likeness (QED) is 0.311. The number of benzene rings is 1. The molecular weight excluding hydrogens is 591 g/mol. The Bertz CT molecular complexity index is 1500. The number of halogens is 1. The number of esters is 1. The summed E-state index contributed by atoms with van der Waals surface area (Å²) < 4.78 is 21.5. The molecule has 0 radical (unpaired) electrons. The number of anilines is 1. The van der Waals surface area contributed by atoms with Gasteiger partial charge >= 0.3 is 12.1 Å². The Morgan fingerprint density at radius 3 is 2.41 bits per heavy atom. The van der Waals surface area contributed by atoms with Crippen LogP contribution in [0.2, 0.25) is 0 Å². The molecule has 3 aliphatic carbocycles. The first-order chi connectivity index (χ1) is 22.3. The van der Waals surface area contributed by atoms with Crippen molar-refractivity contribution in [1.29, 1.82) is 0 Å². The van der Waals surface area contributed by atoms with Crippen LogP contribution < -0.4 is 10.6 Å². The van der Waals surface area contributed by atoms with Crippen molar-refractivity contribution < 1.29 is 33.4 Å². The molecule has 3 atom stereocenters. The topological polar surface area (TPSA) is 130 Å². The number of carbonyl (C=O) groups is 4. The van der Waals surface area contributed by atoms with Crippen LogP contribution in [0.4, 0.5) is 14.9 Å². The van der Waals surface area contributed by atoms with Crippen molar-refractivity contribution in [2.75, 3.05) is 18.5 Å². The van der Waals surface area contributed by atoms with Gasteiger partial charge in [-0.05, 0) is 87.0 Å². The molecule has 2 aliphatic heterocycles. The van der Waals surface area contributed by atoms with Crippen LogP contribution in [-0.4, -0.2) is 63.8 Å². The summed E-state index contributed by atoms with van der Waals surface area (Å²) in [5.41, 5.74) is 1.51. The minimum atomic E-state index is -1.24. The molecular formula is C35H45FN4O6. The van der Waals surface area contributed by atoms with Gasteiger partial charge in [-0.3, -0.25) is 14.2 Å². The molecule has 3 heterocycles. The molecule has 1 aromatic carbocycles. The molecule has 3 N–H and O–H groups in total. The van der Waals surface area contributed by atoms with Crippen LogP contribution in [0.3, 0.4) is 0 Å². The van der Waals surface area contributed by atoms with Crippen molar-refractivity contribution in [2.45, 2.75) is 108 Å². The fourth-order valence-corrected chi connectivity index (χ4v) is 9.52. The van der Waals surface area contributed by atoms with E-state index in [2.05, 4.69) is 10.6 Å². The molecule has 3 amide bonds. The number of carbonyl (C=O) groups excluding carboxylic acids is 3. The number of aromatic nitrogens is 1. The monoisotopic (exact) mass is 636 g/mol. The summed E-state index contributed by atoms with van der Waals surface area (Å²) in [6.45, 7) is -0.225. The number of ether oxygens (including phenoxy) is 1. The highest BCUT2D eigenvalue weighted by Gasteiger charge is 2.49. The number of nitrogens with zero attached hydrogens (tertiary/aromatic N) is 2. The minimum absolute atomic E-state index is 0.0143. The molecule has 46 heavy (non-hydrogen) atoms. The summed E-state index contributed by atoms with van der Waals surface area (Å²) in [7, 11) is 0. The summed E-state index contributed by atoms with van der Waals surface area (Å²) >= 11 is 0. The van der Waals surface area contributed by atoms with Crippen LogP contribution in [0.1, 0.15) is 100 Å². The van der Waals surface area contributed by atoms with E-state index in [4.69, 9.17) is 9.84 Å². The van der Waals surface area contributed by atoms with E-state index in [1.165, 1.54) is 6.42 Å². The van der Waals surface area contributed by atoms with E-state index in [0.717, 1.165) is 68.7 Å². The van der Waals surface area contributed by atoms with Crippen LogP contribution in [0, 0.1) is 23.7 Å². The Labute approximate surface area is 268 Å². The third kappa shape index (κ3) is 5.53. The number of likely N-dealkylation sites (tertiary alicyclic amines) is 1. The van der Waals surface area contributed by atoms with Crippen LogP contribution in [0.5, 0.6) is 0 Å². The van der Waals surface area contributed by atoms with Gasteiger partial charge in [0.2, 0.25) is 11.8 Å². The van der Waals surface area contributed by atoms with Crippen LogP contribution in [0.25, 0.3) is 10.9 Å². The first-order valence-corrected chi connectivity index (χ1v) is 17.3. The van der Waals surface area contributed by atoms with Crippen molar-refractivity contribution in [1.82, 2.24) is 14.8 Å². The fourth-order valence-electron chi connectivity index (χ4n) is 9.52. The largest absolute Gasteiger partial charge is 0.465 e. The van der Waals surface area contributed by atoms with Crippen molar-refractivity contribution in [3.63, 3.8) is 0 Å². The average molecular weight is 637 g/mol. The van der Waals surface area contributed by atoms with Crippen LogP contribution >= 0.6 is 0 Å². The van der Waals surface area contributed by atoms with Crippen molar-refractivity contribution in [2.24, 2.45) is 23.7 Å². The number of carboxylic acid groups (broad SMARTS) is 1. The van der Waals surface area contributed by atoms with E-state index < -0.39 is 30.6 Å². The Kier molecular flexibility index (Phi) is 8.44. The summed E-state index contributed by atoms with van der Waals surface area (Å²) in [6, 6.07) is 6.28. The normalized spacial score (nSPS) is 28.3. The molecule has 1 spiro atoms. The van der Waals surface area contributed by atoms with E-state index >= 15 is 0 Å². The van der Waals surface area contributed by atoms with Gasteiger partial charge in [-0.2, -0.15) is 0 Å². The Hall–Kier alpha value is -3.63. The van der Waals surface area contributed by atoms with Gasteiger partial charge in [0.15, 0.2) is 5.72 Å². The van der Waals surface area contributed by atoms with E-state index in [-0.39, 0.29) is 35.5 Å². The van der Waals surface area contributed by atoms with E-state index in [0.29, 0.717) is 49.5 Å². The zero-order chi connectivity index (χ0) is 32.0. The highest BCUT2D eigenvalue weighted by molar-refractivity contribution is 6.02. The summed E-state index contributed by atoms with van der Waals surface area (Å²) in [4.78, 5) is 53.9. The number of amides is 3. The summed E-state index contributed by atoms with van der Waals surface area (Å²) in [5, 5.41) is 15.4. The summed E-state index contributed by atoms with van der Waals surface area (Å²) in [6.07, 6.45) is 11.1. The third-order valence-corrected chi connectivity index (χ3v) is 11.8. The van der Waals surface area contributed by atoms with Crippen molar-refractivity contribution >= 4 is 40.5 Å². The molecule has 1 aromatic heterocycles.